The summed E-state index contributed by atoms with van der Waals surface area (Å²) in [4.78, 5) is 38.0. The van der Waals surface area contributed by atoms with E-state index < -0.39 is 6.10 Å². The van der Waals surface area contributed by atoms with Crippen LogP contribution in [0.1, 0.15) is 297 Å². The van der Waals surface area contributed by atoms with E-state index in [-0.39, 0.29) is 31.1 Å². The molecule has 0 aromatic heterocycles. The van der Waals surface area contributed by atoms with Crippen LogP contribution < -0.4 is 0 Å². The highest BCUT2D eigenvalue weighted by Gasteiger charge is 2.19. The van der Waals surface area contributed by atoms with Crippen molar-refractivity contribution in [3.8, 4) is 0 Å². The molecule has 0 heterocycles. The van der Waals surface area contributed by atoms with Crippen molar-refractivity contribution in [2.24, 2.45) is 0 Å². The first-order valence-corrected chi connectivity index (χ1v) is 26.7. The molecular formula is C54H102O6. The van der Waals surface area contributed by atoms with Gasteiger partial charge in [-0.25, -0.2) is 0 Å². The van der Waals surface area contributed by atoms with E-state index in [0.717, 1.165) is 64.2 Å². The van der Waals surface area contributed by atoms with Gasteiger partial charge in [0, 0.05) is 19.3 Å². The molecule has 354 valence electrons. The van der Waals surface area contributed by atoms with E-state index in [4.69, 9.17) is 14.2 Å². The van der Waals surface area contributed by atoms with Gasteiger partial charge in [-0.1, -0.05) is 245 Å². The van der Waals surface area contributed by atoms with Gasteiger partial charge in [-0.3, -0.25) is 14.4 Å². The van der Waals surface area contributed by atoms with Gasteiger partial charge < -0.3 is 14.2 Å². The van der Waals surface area contributed by atoms with E-state index in [0.29, 0.717) is 19.3 Å². The highest BCUT2D eigenvalue weighted by molar-refractivity contribution is 5.71. The number of allylic oxidation sites excluding steroid dienone is 2. The number of unbranched alkanes of at least 4 members (excludes halogenated alkanes) is 36. The summed E-state index contributed by atoms with van der Waals surface area (Å²) < 4.78 is 16.8. The van der Waals surface area contributed by atoms with Crippen LogP contribution in [0.3, 0.4) is 0 Å². The smallest absolute Gasteiger partial charge is 0.306 e. The lowest BCUT2D eigenvalue weighted by Crippen LogP contribution is -2.30. The van der Waals surface area contributed by atoms with Gasteiger partial charge in [0.05, 0.1) is 0 Å². The summed E-state index contributed by atoms with van der Waals surface area (Å²) in [5, 5.41) is 0. The summed E-state index contributed by atoms with van der Waals surface area (Å²) in [6, 6.07) is 0. The van der Waals surface area contributed by atoms with Gasteiger partial charge in [0.15, 0.2) is 6.10 Å². The predicted molar refractivity (Wildman–Crippen MR) is 256 cm³/mol. The monoisotopic (exact) mass is 847 g/mol. The molecule has 0 fully saturated rings. The van der Waals surface area contributed by atoms with Crippen molar-refractivity contribution in [3.63, 3.8) is 0 Å². The van der Waals surface area contributed by atoms with Gasteiger partial charge >= 0.3 is 17.9 Å². The molecule has 0 aliphatic rings. The number of ether oxygens (including phenoxy) is 3. The third-order valence-electron chi connectivity index (χ3n) is 12.0. The Morgan fingerprint density at radius 1 is 0.317 bits per heavy atom. The molecule has 1 atom stereocenters. The lowest BCUT2D eigenvalue weighted by Gasteiger charge is -2.18. The topological polar surface area (TPSA) is 78.9 Å². The molecule has 6 heteroatoms. The van der Waals surface area contributed by atoms with E-state index in [1.807, 2.05) is 0 Å². The van der Waals surface area contributed by atoms with Gasteiger partial charge in [-0.15, -0.1) is 0 Å². The van der Waals surface area contributed by atoms with Gasteiger partial charge in [-0.05, 0) is 44.9 Å². The average Bonchev–Trinajstić information content (AvgIpc) is 3.24. The molecule has 0 radical (unpaired) electrons. The summed E-state index contributed by atoms with van der Waals surface area (Å²) in [5.74, 6) is -0.858. The van der Waals surface area contributed by atoms with Gasteiger partial charge in [0.25, 0.3) is 0 Å². The van der Waals surface area contributed by atoms with Gasteiger partial charge in [0.1, 0.15) is 13.2 Å². The maximum atomic E-state index is 12.8. The molecule has 0 aliphatic carbocycles. The molecule has 0 unspecified atom stereocenters. The molecule has 60 heavy (non-hydrogen) atoms. The molecule has 0 N–H and O–H groups in total. The van der Waals surface area contributed by atoms with Crippen LogP contribution in [0, 0.1) is 0 Å². The van der Waals surface area contributed by atoms with Crippen LogP contribution in [0.25, 0.3) is 0 Å². The molecule has 0 saturated heterocycles. The van der Waals surface area contributed by atoms with Crippen molar-refractivity contribution >= 4 is 17.9 Å². The molecule has 0 bridgehead atoms. The molecule has 0 aromatic carbocycles. The van der Waals surface area contributed by atoms with Crippen molar-refractivity contribution in [2.45, 2.75) is 303 Å². The predicted octanol–water partition coefficient (Wildman–Crippen LogP) is 17.4. The molecule has 0 aromatic rings. The summed E-state index contributed by atoms with van der Waals surface area (Å²) in [6.07, 6.45) is 54.8. The number of hydrogen-bond donors (Lipinski definition) is 0. The number of carbonyl (C=O) groups is 3. The van der Waals surface area contributed by atoms with Crippen LogP contribution in [-0.2, 0) is 28.6 Å². The molecule has 0 saturated carbocycles. The summed E-state index contributed by atoms with van der Waals surface area (Å²) >= 11 is 0. The molecule has 0 amide bonds. The Hall–Kier alpha value is -1.85. The van der Waals surface area contributed by atoms with Gasteiger partial charge in [0.2, 0.25) is 0 Å². The van der Waals surface area contributed by atoms with Gasteiger partial charge in [-0.2, -0.15) is 0 Å². The normalized spacial score (nSPS) is 12.0. The Bertz CT molecular complexity index is 931. The number of carbonyl (C=O) groups excluding carboxylic acids is 3. The zero-order valence-electron chi connectivity index (χ0n) is 40.5. The van der Waals surface area contributed by atoms with Crippen molar-refractivity contribution in [2.75, 3.05) is 13.2 Å². The second kappa shape index (κ2) is 49.8. The Labute approximate surface area is 373 Å². The van der Waals surface area contributed by atoms with E-state index in [1.165, 1.54) is 193 Å². The fraction of sp³-hybridized carbons (Fsp3) is 0.907. The van der Waals surface area contributed by atoms with Crippen molar-refractivity contribution in [3.05, 3.63) is 12.2 Å². The van der Waals surface area contributed by atoms with Crippen LogP contribution in [0.15, 0.2) is 12.2 Å². The van der Waals surface area contributed by atoms with Crippen LogP contribution in [0.4, 0.5) is 0 Å². The van der Waals surface area contributed by atoms with E-state index in [2.05, 4.69) is 32.9 Å². The minimum Gasteiger partial charge on any atom is -0.462 e. The third-order valence-corrected chi connectivity index (χ3v) is 12.0. The van der Waals surface area contributed by atoms with Crippen molar-refractivity contribution in [1.82, 2.24) is 0 Å². The summed E-state index contributed by atoms with van der Waals surface area (Å²) in [7, 11) is 0. The zero-order valence-corrected chi connectivity index (χ0v) is 40.5. The average molecular weight is 847 g/mol. The number of rotatable bonds is 49. The molecule has 0 aliphatic heterocycles. The molecule has 6 nitrogen and oxygen atoms in total. The largest absolute Gasteiger partial charge is 0.462 e. The first kappa shape index (κ1) is 58.1. The summed E-state index contributed by atoms with van der Waals surface area (Å²) in [6.45, 7) is 6.66. The second-order valence-corrected chi connectivity index (χ2v) is 18.2. The fourth-order valence-corrected chi connectivity index (χ4v) is 7.97. The van der Waals surface area contributed by atoms with Crippen LogP contribution in [-0.4, -0.2) is 37.2 Å². The minimum atomic E-state index is -0.767. The van der Waals surface area contributed by atoms with Crippen LogP contribution >= 0.6 is 0 Å². The van der Waals surface area contributed by atoms with E-state index in [1.54, 1.807) is 0 Å². The second-order valence-electron chi connectivity index (χ2n) is 18.2. The highest BCUT2D eigenvalue weighted by atomic mass is 16.6. The fourth-order valence-electron chi connectivity index (χ4n) is 7.97. The zero-order chi connectivity index (χ0) is 43.7. The number of hydrogen-bond acceptors (Lipinski definition) is 6. The number of esters is 3. The van der Waals surface area contributed by atoms with E-state index >= 15 is 0 Å². The van der Waals surface area contributed by atoms with E-state index in [9.17, 15) is 14.4 Å². The Morgan fingerprint density at radius 3 is 0.850 bits per heavy atom. The Morgan fingerprint density at radius 2 is 0.550 bits per heavy atom. The molecule has 0 spiro atoms. The Balaban J connectivity index is 4.31. The minimum absolute atomic E-state index is 0.0679. The first-order chi connectivity index (χ1) is 29.5. The highest BCUT2D eigenvalue weighted by Crippen LogP contribution is 2.16. The molecular weight excluding hydrogens is 745 g/mol. The van der Waals surface area contributed by atoms with Crippen molar-refractivity contribution < 1.29 is 28.6 Å². The summed E-state index contributed by atoms with van der Waals surface area (Å²) in [5.41, 5.74) is 0. The maximum Gasteiger partial charge on any atom is 0.306 e. The van der Waals surface area contributed by atoms with Crippen LogP contribution in [0.5, 0.6) is 0 Å². The van der Waals surface area contributed by atoms with Crippen LogP contribution in [0.2, 0.25) is 0 Å². The molecule has 0 rings (SSSR count). The lowest BCUT2D eigenvalue weighted by atomic mass is 10.0. The quantitative estimate of drug-likeness (QED) is 0.0263. The standard InChI is InChI=1S/C54H102O6/c1-4-7-10-13-16-19-22-25-26-27-30-32-35-38-41-44-47-53(56)59-50-51(60-54(57)48-45-42-39-36-33-29-24-21-18-15-12-9-6-3)49-58-52(55)46-43-40-37-34-31-28-23-20-17-14-11-8-5-2/h21,24,51H,4-20,22-23,25-50H2,1-3H3/b24-21+/t51-/m1/s1. The van der Waals surface area contributed by atoms with Crippen molar-refractivity contribution in [1.29, 1.82) is 0 Å². The Kier molecular flexibility index (Phi) is 48.3. The third kappa shape index (κ3) is 47.2. The SMILES string of the molecule is CCCCCC/C=C/CCCCCCCC(=O)O[C@H](COC(=O)CCCCCCCCCCCCCCC)COC(=O)CCCCCCCCCCCCCCCCCC. The maximum absolute atomic E-state index is 12.8. The first-order valence-electron chi connectivity index (χ1n) is 26.7. The lowest BCUT2D eigenvalue weighted by molar-refractivity contribution is -0.167.